The van der Waals surface area contributed by atoms with Gasteiger partial charge in [0, 0.05) is 14.1 Å². The quantitative estimate of drug-likeness (QED) is 0.461. The minimum absolute atomic E-state index is 0.907. The van der Waals surface area contributed by atoms with Gasteiger partial charge in [-0.3, -0.25) is 0 Å². The van der Waals surface area contributed by atoms with E-state index >= 15 is 0 Å². The fourth-order valence-electron chi connectivity index (χ4n) is 0. The van der Waals surface area contributed by atoms with Crippen LogP contribution in [0.5, 0.6) is 0 Å². The largest absolute Gasteiger partial charge is 0.465 e. The zero-order valence-corrected chi connectivity index (χ0v) is 3.80. The molecule has 3 nitrogen and oxygen atoms in total. The highest BCUT2D eigenvalue weighted by molar-refractivity contribution is 5.63. The second kappa shape index (κ2) is 1.64. The summed E-state index contributed by atoms with van der Waals surface area (Å²) in [5, 5.41) is 7.92. The summed E-state index contributed by atoms with van der Waals surface area (Å²) in [6, 6.07) is 0. The molecule has 0 aromatic heterocycles. The monoisotopic (exact) mass is 89.0 g/mol. The van der Waals surface area contributed by atoms with Crippen LogP contribution in [0.1, 0.15) is 0 Å². The normalized spacial score (nSPS) is 7.67. The topological polar surface area (TPSA) is 40.5 Å². The zero-order valence-electron chi connectivity index (χ0n) is 3.80. The molecule has 0 aliphatic heterocycles. The van der Waals surface area contributed by atoms with E-state index < -0.39 is 6.09 Å². The highest BCUT2D eigenvalue weighted by Gasteiger charge is 1.91. The van der Waals surface area contributed by atoms with Crippen molar-refractivity contribution in [1.82, 2.24) is 4.90 Å². The highest BCUT2D eigenvalue weighted by atomic mass is 16.4. The molecular weight excluding hydrogens is 82.0 g/mol. The highest BCUT2D eigenvalue weighted by Crippen LogP contribution is 1.69. The Hall–Kier alpha value is -0.730. The third-order valence-corrected chi connectivity index (χ3v) is 0.383. The summed E-state index contributed by atoms with van der Waals surface area (Å²) < 4.78 is 0. The predicted molar refractivity (Wildman–Crippen MR) is 21.7 cm³/mol. The van der Waals surface area contributed by atoms with Crippen molar-refractivity contribution in [2.45, 2.75) is 0 Å². The molecule has 0 unspecified atom stereocenters. The number of amides is 1. The van der Waals surface area contributed by atoms with E-state index in [4.69, 9.17) is 5.11 Å². The minimum Gasteiger partial charge on any atom is -0.465 e. The van der Waals surface area contributed by atoms with Crippen LogP contribution >= 0.6 is 0 Å². The lowest BCUT2D eigenvalue weighted by atomic mass is 10.9. The van der Waals surface area contributed by atoms with Crippen LogP contribution in [0.4, 0.5) is 4.79 Å². The van der Waals surface area contributed by atoms with E-state index in [2.05, 4.69) is 0 Å². The van der Waals surface area contributed by atoms with E-state index in [1.165, 1.54) is 14.1 Å². The van der Waals surface area contributed by atoms with Crippen LogP contribution in [0, 0.1) is 0 Å². The summed E-state index contributed by atoms with van der Waals surface area (Å²) in [6.45, 7) is 0. The first kappa shape index (κ1) is 5.27. The third-order valence-electron chi connectivity index (χ3n) is 0.383. The van der Waals surface area contributed by atoms with Crippen molar-refractivity contribution in [3.05, 3.63) is 0 Å². The maximum Gasteiger partial charge on any atom is 0.406 e. The SMILES string of the molecule is CN(C)C(=O)O. The standard InChI is InChI=1S/C3H7NO2/c1-4(2)3(5)6/h1-2H3,(H,5,6). The van der Waals surface area contributed by atoms with E-state index in [0.29, 0.717) is 0 Å². The molecule has 1 amide bonds. The van der Waals surface area contributed by atoms with Gasteiger partial charge in [-0.05, 0) is 0 Å². The Morgan fingerprint density at radius 1 is 1.67 bits per heavy atom. The number of hydrogen-bond acceptors (Lipinski definition) is 1. The summed E-state index contributed by atoms with van der Waals surface area (Å²) in [7, 11) is 2.95. The molecule has 0 saturated carbocycles. The molecule has 36 valence electrons. The van der Waals surface area contributed by atoms with Crippen molar-refractivity contribution in [2.75, 3.05) is 14.1 Å². The first-order valence-electron chi connectivity index (χ1n) is 1.55. The second-order valence-corrected chi connectivity index (χ2v) is 1.18. The van der Waals surface area contributed by atoms with Crippen molar-refractivity contribution < 1.29 is 9.90 Å². The van der Waals surface area contributed by atoms with Gasteiger partial charge in [-0.1, -0.05) is 0 Å². The Bertz CT molecular complexity index is 59.8. The number of rotatable bonds is 0. The van der Waals surface area contributed by atoms with Gasteiger partial charge < -0.3 is 10.0 Å². The summed E-state index contributed by atoms with van der Waals surface area (Å²) in [4.78, 5) is 10.7. The predicted octanol–water partition coefficient (Wildman–Crippen LogP) is 0.226. The third kappa shape index (κ3) is 1.58. The van der Waals surface area contributed by atoms with Crippen molar-refractivity contribution >= 4 is 6.09 Å². The van der Waals surface area contributed by atoms with Gasteiger partial charge in [0.25, 0.3) is 0 Å². The molecule has 0 radical (unpaired) electrons. The van der Waals surface area contributed by atoms with Crippen molar-refractivity contribution in [1.29, 1.82) is 0 Å². The van der Waals surface area contributed by atoms with Crippen LogP contribution in [0.15, 0.2) is 0 Å². The minimum atomic E-state index is -0.907. The van der Waals surface area contributed by atoms with Gasteiger partial charge in [0.05, 0.1) is 0 Å². The molecular formula is C3H7NO2. The van der Waals surface area contributed by atoms with Gasteiger partial charge in [-0.25, -0.2) is 4.79 Å². The molecule has 0 rings (SSSR count). The molecule has 3 heteroatoms. The Kier molecular flexibility index (Phi) is 1.44. The van der Waals surface area contributed by atoms with Crippen LogP contribution in [0.25, 0.3) is 0 Å². The van der Waals surface area contributed by atoms with Crippen molar-refractivity contribution in [2.24, 2.45) is 0 Å². The van der Waals surface area contributed by atoms with Gasteiger partial charge in [0.2, 0.25) is 0 Å². The van der Waals surface area contributed by atoms with E-state index in [0.717, 1.165) is 4.90 Å². The maximum atomic E-state index is 9.62. The van der Waals surface area contributed by atoms with E-state index in [1.54, 1.807) is 0 Å². The van der Waals surface area contributed by atoms with E-state index in [1.807, 2.05) is 0 Å². The van der Waals surface area contributed by atoms with Crippen LogP contribution in [0.3, 0.4) is 0 Å². The molecule has 0 aromatic rings. The Balaban J connectivity index is 3.26. The van der Waals surface area contributed by atoms with Crippen molar-refractivity contribution in [3.8, 4) is 0 Å². The molecule has 1 N–H and O–H groups in total. The lowest BCUT2D eigenvalue weighted by Crippen LogP contribution is -2.18. The fraction of sp³-hybridized carbons (Fsp3) is 0.667. The molecule has 0 heterocycles. The smallest absolute Gasteiger partial charge is 0.406 e. The second-order valence-electron chi connectivity index (χ2n) is 1.18. The summed E-state index contributed by atoms with van der Waals surface area (Å²) in [6.07, 6.45) is -0.907. The Morgan fingerprint density at radius 2 is 1.83 bits per heavy atom. The Labute approximate surface area is 36.2 Å². The number of carbonyl (C=O) groups is 1. The average molecular weight is 89.1 g/mol. The molecule has 0 saturated heterocycles. The number of carboxylic acid groups (broad SMARTS) is 1. The summed E-state index contributed by atoms with van der Waals surface area (Å²) >= 11 is 0. The van der Waals surface area contributed by atoms with E-state index in [-0.39, 0.29) is 0 Å². The van der Waals surface area contributed by atoms with Crippen molar-refractivity contribution in [3.63, 3.8) is 0 Å². The maximum absolute atomic E-state index is 9.62. The van der Waals surface area contributed by atoms with Crippen LogP contribution in [-0.4, -0.2) is 30.2 Å². The first-order chi connectivity index (χ1) is 2.64. The van der Waals surface area contributed by atoms with Gasteiger partial charge in [-0.2, -0.15) is 0 Å². The number of nitrogens with zero attached hydrogens (tertiary/aromatic N) is 1. The molecule has 0 fully saturated rings. The Morgan fingerprint density at radius 3 is 1.83 bits per heavy atom. The average Bonchev–Trinajstić information content (AvgIpc) is 1.36. The van der Waals surface area contributed by atoms with Gasteiger partial charge in [0.15, 0.2) is 0 Å². The van der Waals surface area contributed by atoms with Gasteiger partial charge in [0.1, 0.15) is 0 Å². The summed E-state index contributed by atoms with van der Waals surface area (Å²) in [5.74, 6) is 0. The molecule has 6 heavy (non-hydrogen) atoms. The molecule has 0 aliphatic rings. The van der Waals surface area contributed by atoms with Gasteiger partial charge >= 0.3 is 6.09 Å². The fourth-order valence-corrected chi connectivity index (χ4v) is 0. The summed E-state index contributed by atoms with van der Waals surface area (Å²) in [5.41, 5.74) is 0. The molecule has 0 atom stereocenters. The number of hydrogen-bond donors (Lipinski definition) is 1. The van der Waals surface area contributed by atoms with Gasteiger partial charge in [-0.15, -0.1) is 0 Å². The molecule has 0 bridgehead atoms. The first-order valence-corrected chi connectivity index (χ1v) is 1.55. The lowest BCUT2D eigenvalue weighted by Gasteiger charge is -1.99. The van der Waals surface area contributed by atoms with E-state index in [9.17, 15) is 4.79 Å². The van der Waals surface area contributed by atoms with Crippen LogP contribution in [-0.2, 0) is 0 Å². The van der Waals surface area contributed by atoms with Crippen LogP contribution < -0.4 is 0 Å². The molecule has 0 spiro atoms. The lowest BCUT2D eigenvalue weighted by molar-refractivity contribution is 0.165. The molecule has 0 aliphatic carbocycles. The zero-order chi connectivity index (χ0) is 5.15. The van der Waals surface area contributed by atoms with Crippen LogP contribution in [0.2, 0.25) is 0 Å². The molecule has 0 aromatic carbocycles.